The number of hydrogen-bond donors (Lipinski definition) is 0. The fraction of sp³-hybridized carbons (Fsp3) is 0.435. The number of carbonyl (C=O) groups excluding carboxylic acids is 1. The van der Waals surface area contributed by atoms with Crippen LogP contribution in [-0.4, -0.2) is 55.5 Å². The zero-order chi connectivity index (χ0) is 18.9. The van der Waals surface area contributed by atoms with Crippen molar-refractivity contribution in [2.75, 3.05) is 39.8 Å². The molecule has 0 bridgehead atoms. The van der Waals surface area contributed by atoms with Gasteiger partial charge in [0.2, 0.25) is 0 Å². The van der Waals surface area contributed by atoms with Crippen molar-refractivity contribution in [2.24, 2.45) is 5.92 Å². The lowest BCUT2D eigenvalue weighted by molar-refractivity contribution is -0.134. The smallest absolute Gasteiger partial charge is 0.260 e. The van der Waals surface area contributed by atoms with Gasteiger partial charge >= 0.3 is 0 Å². The van der Waals surface area contributed by atoms with Crippen LogP contribution in [0.4, 0.5) is 0 Å². The van der Waals surface area contributed by atoms with Gasteiger partial charge in [-0.1, -0.05) is 48.5 Å². The quantitative estimate of drug-likeness (QED) is 0.717. The number of piperidine rings is 1. The minimum atomic E-state index is 0.0722. The Morgan fingerprint density at radius 2 is 1.81 bits per heavy atom. The van der Waals surface area contributed by atoms with Crippen LogP contribution in [-0.2, 0) is 11.2 Å². The van der Waals surface area contributed by atoms with Crippen LogP contribution < -0.4 is 4.74 Å². The SMILES string of the molecule is CN1CCC[C@H](CN(CCc2ccccc2)C(=O)COc2ccccc2)C1. The van der Waals surface area contributed by atoms with E-state index in [1.165, 1.54) is 18.4 Å². The van der Waals surface area contributed by atoms with Crippen molar-refractivity contribution in [3.8, 4) is 5.75 Å². The van der Waals surface area contributed by atoms with Crippen molar-refractivity contribution in [2.45, 2.75) is 19.3 Å². The molecule has 1 fully saturated rings. The van der Waals surface area contributed by atoms with Gasteiger partial charge in [0.05, 0.1) is 0 Å². The minimum Gasteiger partial charge on any atom is -0.484 e. The molecule has 0 saturated carbocycles. The number of hydrogen-bond acceptors (Lipinski definition) is 3. The normalized spacial score (nSPS) is 17.4. The van der Waals surface area contributed by atoms with Crippen LogP contribution in [0.15, 0.2) is 60.7 Å². The van der Waals surface area contributed by atoms with Crippen LogP contribution >= 0.6 is 0 Å². The lowest BCUT2D eigenvalue weighted by Crippen LogP contribution is -2.44. The third-order valence-electron chi connectivity index (χ3n) is 5.17. The molecule has 0 radical (unpaired) electrons. The summed E-state index contributed by atoms with van der Waals surface area (Å²) in [7, 11) is 2.17. The second-order valence-corrected chi connectivity index (χ2v) is 7.45. The molecule has 1 atom stereocenters. The van der Waals surface area contributed by atoms with E-state index in [-0.39, 0.29) is 12.5 Å². The van der Waals surface area contributed by atoms with Crippen LogP contribution in [0.2, 0.25) is 0 Å². The van der Waals surface area contributed by atoms with Gasteiger partial charge in [-0.25, -0.2) is 0 Å². The summed E-state index contributed by atoms with van der Waals surface area (Å²) in [5.74, 6) is 1.36. The van der Waals surface area contributed by atoms with Crippen molar-refractivity contribution in [3.05, 3.63) is 66.2 Å². The molecule has 1 heterocycles. The first-order chi connectivity index (χ1) is 13.2. The topological polar surface area (TPSA) is 32.8 Å². The van der Waals surface area contributed by atoms with Gasteiger partial charge in [0.1, 0.15) is 5.75 Å². The fourth-order valence-corrected chi connectivity index (χ4v) is 3.71. The van der Waals surface area contributed by atoms with E-state index in [1.54, 1.807) is 0 Å². The standard InChI is InChI=1S/C23H30N2O2/c1-24-15-8-11-21(17-24)18-25(16-14-20-9-4-2-5-10-20)23(26)19-27-22-12-6-3-7-13-22/h2-7,9-10,12-13,21H,8,11,14-19H2,1H3/t21-/m0/s1. The summed E-state index contributed by atoms with van der Waals surface area (Å²) in [5, 5.41) is 0. The Balaban J connectivity index is 1.59. The maximum Gasteiger partial charge on any atom is 0.260 e. The molecule has 2 aromatic carbocycles. The van der Waals surface area contributed by atoms with Gasteiger partial charge in [-0.05, 0) is 56.5 Å². The van der Waals surface area contributed by atoms with Gasteiger partial charge in [-0.15, -0.1) is 0 Å². The zero-order valence-electron chi connectivity index (χ0n) is 16.2. The van der Waals surface area contributed by atoms with Gasteiger partial charge in [0.15, 0.2) is 6.61 Å². The van der Waals surface area contributed by atoms with E-state index < -0.39 is 0 Å². The number of amides is 1. The molecule has 1 aliphatic heterocycles. The number of benzene rings is 2. The minimum absolute atomic E-state index is 0.0722. The third-order valence-corrected chi connectivity index (χ3v) is 5.17. The third kappa shape index (κ3) is 6.40. The summed E-state index contributed by atoms with van der Waals surface area (Å²) < 4.78 is 5.71. The lowest BCUT2D eigenvalue weighted by Gasteiger charge is -2.34. The summed E-state index contributed by atoms with van der Waals surface area (Å²) in [6.45, 7) is 3.87. The Morgan fingerprint density at radius 1 is 1.11 bits per heavy atom. The van der Waals surface area contributed by atoms with Crippen molar-refractivity contribution in [3.63, 3.8) is 0 Å². The summed E-state index contributed by atoms with van der Waals surface area (Å²) in [4.78, 5) is 17.2. The number of carbonyl (C=O) groups is 1. The van der Waals surface area contributed by atoms with E-state index in [2.05, 4.69) is 36.2 Å². The van der Waals surface area contributed by atoms with Crippen LogP contribution in [0.1, 0.15) is 18.4 Å². The van der Waals surface area contributed by atoms with Crippen molar-refractivity contribution >= 4 is 5.91 Å². The van der Waals surface area contributed by atoms with Gasteiger partial charge in [-0.3, -0.25) is 4.79 Å². The number of rotatable bonds is 8. The summed E-state index contributed by atoms with van der Waals surface area (Å²) >= 11 is 0. The Morgan fingerprint density at radius 3 is 2.52 bits per heavy atom. The highest BCUT2D eigenvalue weighted by molar-refractivity contribution is 5.77. The Kier molecular flexibility index (Phi) is 7.28. The molecule has 2 aromatic rings. The van der Waals surface area contributed by atoms with Crippen LogP contribution in [0.3, 0.4) is 0 Å². The van der Waals surface area contributed by atoms with Crippen LogP contribution in [0.5, 0.6) is 5.75 Å². The number of para-hydroxylation sites is 1. The molecular weight excluding hydrogens is 336 g/mol. The molecule has 0 spiro atoms. The second kappa shape index (κ2) is 10.1. The first-order valence-corrected chi connectivity index (χ1v) is 9.89. The number of nitrogens with zero attached hydrogens (tertiary/aromatic N) is 2. The van der Waals surface area contributed by atoms with E-state index in [4.69, 9.17) is 4.74 Å². The molecule has 3 rings (SSSR count). The predicted octanol–water partition coefficient (Wildman–Crippen LogP) is 3.48. The largest absolute Gasteiger partial charge is 0.484 e. The first-order valence-electron chi connectivity index (χ1n) is 9.89. The molecule has 4 heteroatoms. The molecule has 144 valence electrons. The van der Waals surface area contributed by atoms with Crippen molar-refractivity contribution in [1.29, 1.82) is 0 Å². The molecular formula is C23H30N2O2. The molecule has 0 aromatic heterocycles. The molecule has 0 aliphatic carbocycles. The monoisotopic (exact) mass is 366 g/mol. The number of likely N-dealkylation sites (tertiary alicyclic amines) is 1. The maximum atomic E-state index is 12.9. The van der Waals surface area contributed by atoms with E-state index in [9.17, 15) is 4.79 Å². The van der Waals surface area contributed by atoms with Crippen molar-refractivity contribution in [1.82, 2.24) is 9.80 Å². The fourth-order valence-electron chi connectivity index (χ4n) is 3.71. The molecule has 1 saturated heterocycles. The average Bonchev–Trinajstić information content (AvgIpc) is 2.71. The van der Waals surface area contributed by atoms with Gasteiger partial charge in [0, 0.05) is 19.6 Å². The molecule has 1 aliphatic rings. The average molecular weight is 367 g/mol. The lowest BCUT2D eigenvalue weighted by atomic mass is 9.97. The zero-order valence-corrected chi connectivity index (χ0v) is 16.2. The maximum absolute atomic E-state index is 12.9. The predicted molar refractivity (Wildman–Crippen MR) is 109 cm³/mol. The molecule has 0 unspecified atom stereocenters. The molecule has 0 N–H and O–H groups in total. The van der Waals surface area contributed by atoms with E-state index in [1.807, 2.05) is 41.3 Å². The van der Waals surface area contributed by atoms with E-state index >= 15 is 0 Å². The first kappa shape index (κ1) is 19.4. The highest BCUT2D eigenvalue weighted by Gasteiger charge is 2.23. The van der Waals surface area contributed by atoms with E-state index in [0.717, 1.165) is 38.3 Å². The number of ether oxygens (including phenoxy) is 1. The Bertz CT molecular complexity index is 690. The molecule has 4 nitrogen and oxygen atoms in total. The van der Waals surface area contributed by atoms with Crippen LogP contribution in [0, 0.1) is 5.92 Å². The van der Waals surface area contributed by atoms with Gasteiger partial charge < -0.3 is 14.5 Å². The Labute approximate surface area is 162 Å². The summed E-state index contributed by atoms with van der Waals surface area (Å²) in [6, 6.07) is 19.9. The highest BCUT2D eigenvalue weighted by atomic mass is 16.5. The summed E-state index contributed by atoms with van der Waals surface area (Å²) in [6.07, 6.45) is 3.28. The highest BCUT2D eigenvalue weighted by Crippen LogP contribution is 2.17. The van der Waals surface area contributed by atoms with E-state index in [0.29, 0.717) is 5.92 Å². The van der Waals surface area contributed by atoms with Gasteiger partial charge in [0.25, 0.3) is 5.91 Å². The van der Waals surface area contributed by atoms with Gasteiger partial charge in [-0.2, -0.15) is 0 Å². The molecule has 1 amide bonds. The Hall–Kier alpha value is -2.33. The molecule has 27 heavy (non-hydrogen) atoms. The van der Waals surface area contributed by atoms with Crippen molar-refractivity contribution < 1.29 is 9.53 Å². The van der Waals surface area contributed by atoms with Crippen LogP contribution in [0.25, 0.3) is 0 Å². The second-order valence-electron chi connectivity index (χ2n) is 7.45. The summed E-state index contributed by atoms with van der Waals surface area (Å²) in [5.41, 5.74) is 1.26.